The van der Waals surface area contributed by atoms with Gasteiger partial charge in [0.05, 0.1) is 12.7 Å². The molecule has 1 saturated heterocycles. The number of hydrogen-bond acceptors (Lipinski definition) is 4. The highest BCUT2D eigenvalue weighted by Gasteiger charge is 2.28. The van der Waals surface area contributed by atoms with Crippen LogP contribution in [0, 0.1) is 0 Å². The molecule has 1 fully saturated rings. The molecule has 6 heteroatoms. The zero-order valence-corrected chi connectivity index (χ0v) is 12.0. The Kier molecular flexibility index (Phi) is 8.82. The van der Waals surface area contributed by atoms with E-state index < -0.39 is 6.23 Å². The summed E-state index contributed by atoms with van der Waals surface area (Å²) in [6, 6.07) is 0. The molecule has 6 nitrogen and oxygen atoms in total. The van der Waals surface area contributed by atoms with Gasteiger partial charge in [-0.2, -0.15) is 0 Å². The third kappa shape index (κ3) is 5.40. The predicted octanol–water partition coefficient (Wildman–Crippen LogP) is 0.618. The van der Waals surface area contributed by atoms with Crippen molar-refractivity contribution in [3.63, 3.8) is 0 Å². The van der Waals surface area contributed by atoms with Crippen molar-refractivity contribution in [1.82, 2.24) is 10.2 Å². The fourth-order valence-electron chi connectivity index (χ4n) is 1.70. The zero-order chi connectivity index (χ0) is 14.8. The van der Waals surface area contributed by atoms with Crippen LogP contribution in [-0.4, -0.2) is 48.3 Å². The fraction of sp³-hybridized carbons (Fsp3) is 0.692. The molecule has 2 atom stereocenters. The Bertz CT molecular complexity index is 318. The molecule has 0 radical (unpaired) electrons. The summed E-state index contributed by atoms with van der Waals surface area (Å²) in [5, 5.41) is 11.4. The Labute approximate surface area is 114 Å². The standard InChI is InChI=1S/C11H18N2O4.C2H6/c1-8(11(16)12-2)5-13(7-15)10-4-3-9(6-14)17-10;1-2/h5,7,9-10,14H,3-4,6H2,1-2H3,(H,12,16);1-2H3/b8-5-;. The lowest BCUT2D eigenvalue weighted by molar-refractivity contribution is -0.127. The van der Waals surface area contributed by atoms with Gasteiger partial charge >= 0.3 is 0 Å². The van der Waals surface area contributed by atoms with E-state index in [-0.39, 0.29) is 18.6 Å². The molecule has 0 aromatic carbocycles. The maximum atomic E-state index is 11.3. The highest BCUT2D eigenvalue weighted by Crippen LogP contribution is 2.22. The molecule has 1 heterocycles. The molecule has 110 valence electrons. The molecule has 1 aliphatic heterocycles. The lowest BCUT2D eigenvalue weighted by Crippen LogP contribution is -2.31. The highest BCUT2D eigenvalue weighted by molar-refractivity contribution is 5.92. The topological polar surface area (TPSA) is 78.9 Å². The number of likely N-dealkylation sites (N-methyl/N-ethyl adjacent to an activating group) is 1. The normalized spacial score (nSPS) is 22.3. The Hall–Kier alpha value is -1.40. The van der Waals surface area contributed by atoms with Crippen molar-refractivity contribution in [2.24, 2.45) is 0 Å². The molecule has 19 heavy (non-hydrogen) atoms. The maximum absolute atomic E-state index is 11.3. The van der Waals surface area contributed by atoms with Crippen LogP contribution >= 0.6 is 0 Å². The summed E-state index contributed by atoms with van der Waals surface area (Å²) in [6.07, 6.45) is 2.81. The van der Waals surface area contributed by atoms with Crippen molar-refractivity contribution in [2.45, 2.75) is 45.9 Å². The Morgan fingerprint density at radius 1 is 1.47 bits per heavy atom. The van der Waals surface area contributed by atoms with Gasteiger partial charge in [-0.05, 0) is 19.8 Å². The summed E-state index contributed by atoms with van der Waals surface area (Å²) in [4.78, 5) is 23.6. The number of ether oxygens (including phenoxy) is 1. The number of rotatable bonds is 5. The Balaban J connectivity index is 0.00000154. The third-order valence-electron chi connectivity index (χ3n) is 2.67. The predicted molar refractivity (Wildman–Crippen MR) is 72.1 cm³/mol. The zero-order valence-electron chi connectivity index (χ0n) is 12.0. The second kappa shape index (κ2) is 9.52. The summed E-state index contributed by atoms with van der Waals surface area (Å²) in [5.74, 6) is -0.242. The van der Waals surface area contributed by atoms with E-state index in [2.05, 4.69) is 5.32 Å². The van der Waals surface area contributed by atoms with Gasteiger partial charge in [-0.25, -0.2) is 0 Å². The molecule has 0 aromatic heterocycles. The summed E-state index contributed by atoms with van der Waals surface area (Å²) in [7, 11) is 1.53. The van der Waals surface area contributed by atoms with Crippen LogP contribution in [0.2, 0.25) is 0 Å². The number of carbonyl (C=O) groups is 2. The van der Waals surface area contributed by atoms with Gasteiger partial charge in [-0.1, -0.05) is 13.8 Å². The molecule has 2 N–H and O–H groups in total. The largest absolute Gasteiger partial charge is 0.394 e. The van der Waals surface area contributed by atoms with Gasteiger partial charge in [-0.15, -0.1) is 0 Å². The SMILES string of the molecule is CC.CNC(=O)/C(C)=C\N(C=O)C1CCC(CO)O1. The number of aliphatic hydroxyl groups excluding tert-OH is 1. The van der Waals surface area contributed by atoms with Crippen molar-refractivity contribution in [3.05, 3.63) is 11.8 Å². The van der Waals surface area contributed by atoms with E-state index in [1.165, 1.54) is 18.1 Å². The molecule has 1 aliphatic rings. The average Bonchev–Trinajstić information content (AvgIpc) is 2.94. The minimum Gasteiger partial charge on any atom is -0.394 e. The van der Waals surface area contributed by atoms with Gasteiger partial charge in [0.25, 0.3) is 0 Å². The van der Waals surface area contributed by atoms with Gasteiger partial charge in [0.1, 0.15) is 6.23 Å². The smallest absolute Gasteiger partial charge is 0.248 e. The van der Waals surface area contributed by atoms with Crippen LogP contribution in [0.5, 0.6) is 0 Å². The maximum Gasteiger partial charge on any atom is 0.248 e. The van der Waals surface area contributed by atoms with Gasteiger partial charge in [0.2, 0.25) is 12.3 Å². The summed E-state index contributed by atoms with van der Waals surface area (Å²) >= 11 is 0. The van der Waals surface area contributed by atoms with E-state index in [0.29, 0.717) is 24.8 Å². The summed E-state index contributed by atoms with van der Waals surface area (Å²) < 4.78 is 5.45. The van der Waals surface area contributed by atoms with E-state index in [1.807, 2.05) is 13.8 Å². The van der Waals surface area contributed by atoms with Crippen LogP contribution in [0.1, 0.15) is 33.6 Å². The van der Waals surface area contributed by atoms with Crippen molar-refractivity contribution in [2.75, 3.05) is 13.7 Å². The molecule has 0 saturated carbocycles. The molecule has 2 unspecified atom stereocenters. The Morgan fingerprint density at radius 2 is 2.11 bits per heavy atom. The van der Waals surface area contributed by atoms with Crippen molar-refractivity contribution in [3.8, 4) is 0 Å². The van der Waals surface area contributed by atoms with E-state index >= 15 is 0 Å². The molecule has 0 spiro atoms. The van der Waals surface area contributed by atoms with Crippen LogP contribution in [0.25, 0.3) is 0 Å². The lowest BCUT2D eigenvalue weighted by Gasteiger charge is -2.21. The van der Waals surface area contributed by atoms with Gasteiger partial charge in [-0.3, -0.25) is 14.5 Å². The first-order valence-corrected chi connectivity index (χ1v) is 6.52. The first kappa shape index (κ1) is 17.6. The fourth-order valence-corrected chi connectivity index (χ4v) is 1.70. The summed E-state index contributed by atoms with van der Waals surface area (Å²) in [5.41, 5.74) is 0.427. The van der Waals surface area contributed by atoms with E-state index in [9.17, 15) is 9.59 Å². The van der Waals surface area contributed by atoms with Crippen LogP contribution in [0.4, 0.5) is 0 Å². The molecule has 0 aromatic rings. The lowest BCUT2D eigenvalue weighted by atomic mass is 10.2. The number of aliphatic hydroxyl groups is 1. The third-order valence-corrected chi connectivity index (χ3v) is 2.67. The van der Waals surface area contributed by atoms with Gasteiger partial charge in [0, 0.05) is 18.8 Å². The Morgan fingerprint density at radius 3 is 2.53 bits per heavy atom. The number of nitrogens with zero attached hydrogens (tertiary/aromatic N) is 1. The van der Waals surface area contributed by atoms with Crippen molar-refractivity contribution in [1.29, 1.82) is 0 Å². The molecule has 2 amide bonds. The van der Waals surface area contributed by atoms with Crippen molar-refractivity contribution >= 4 is 12.3 Å². The monoisotopic (exact) mass is 272 g/mol. The number of nitrogens with one attached hydrogen (secondary N) is 1. The van der Waals surface area contributed by atoms with E-state index in [0.717, 1.165) is 0 Å². The average molecular weight is 272 g/mol. The second-order valence-corrected chi connectivity index (χ2v) is 3.92. The minimum atomic E-state index is -0.399. The van der Waals surface area contributed by atoms with Crippen LogP contribution in [0.15, 0.2) is 11.8 Å². The first-order valence-electron chi connectivity index (χ1n) is 6.52. The number of amides is 2. The molecule has 0 bridgehead atoms. The minimum absolute atomic E-state index is 0.0542. The van der Waals surface area contributed by atoms with Crippen LogP contribution < -0.4 is 5.32 Å². The number of hydrogen-bond donors (Lipinski definition) is 2. The van der Waals surface area contributed by atoms with Gasteiger partial charge in [0.15, 0.2) is 0 Å². The summed E-state index contributed by atoms with van der Waals surface area (Å²) in [6.45, 7) is 5.56. The highest BCUT2D eigenvalue weighted by atomic mass is 16.5. The number of carbonyl (C=O) groups excluding carboxylic acids is 2. The molecule has 0 aliphatic carbocycles. The van der Waals surface area contributed by atoms with E-state index in [4.69, 9.17) is 9.84 Å². The van der Waals surface area contributed by atoms with Gasteiger partial charge < -0.3 is 15.2 Å². The van der Waals surface area contributed by atoms with Crippen LogP contribution in [0.3, 0.4) is 0 Å². The molecule has 1 rings (SSSR count). The van der Waals surface area contributed by atoms with Crippen molar-refractivity contribution < 1.29 is 19.4 Å². The van der Waals surface area contributed by atoms with Crippen LogP contribution in [-0.2, 0) is 14.3 Å². The van der Waals surface area contributed by atoms with E-state index in [1.54, 1.807) is 6.92 Å². The second-order valence-electron chi connectivity index (χ2n) is 3.92. The molecular formula is C13H24N2O4. The first-order chi connectivity index (χ1) is 9.12. The molecular weight excluding hydrogens is 248 g/mol. The quantitative estimate of drug-likeness (QED) is 0.568.